The van der Waals surface area contributed by atoms with E-state index in [0.29, 0.717) is 12.4 Å². The predicted molar refractivity (Wildman–Crippen MR) is 89.7 cm³/mol. The lowest BCUT2D eigenvalue weighted by atomic mass is 9.80. The molecule has 22 heavy (non-hydrogen) atoms. The molecule has 0 saturated carbocycles. The minimum atomic E-state index is -0.394. The summed E-state index contributed by atoms with van der Waals surface area (Å²) < 4.78 is 5.98. The molecule has 0 unspecified atom stereocenters. The molecule has 0 atom stereocenters. The van der Waals surface area contributed by atoms with Crippen LogP contribution in [0.15, 0.2) is 53.3 Å². The van der Waals surface area contributed by atoms with E-state index >= 15 is 0 Å². The van der Waals surface area contributed by atoms with E-state index in [4.69, 9.17) is 12.3 Å². The summed E-state index contributed by atoms with van der Waals surface area (Å²) in [4.78, 5) is 8.53. The van der Waals surface area contributed by atoms with Gasteiger partial charge in [0, 0.05) is 29.4 Å². The molecule has 1 aliphatic rings. The van der Waals surface area contributed by atoms with Gasteiger partial charge >= 0.3 is 0 Å². The van der Waals surface area contributed by atoms with Gasteiger partial charge in [0.1, 0.15) is 7.85 Å². The minimum Gasteiger partial charge on any atom is -0.436 e. The zero-order chi connectivity index (χ0) is 15.3. The second kappa shape index (κ2) is 4.53. The summed E-state index contributed by atoms with van der Waals surface area (Å²) >= 11 is 0. The van der Waals surface area contributed by atoms with E-state index in [9.17, 15) is 0 Å². The maximum Gasteiger partial charge on any atom is 0.227 e. The topological polar surface area (TPSA) is 32.5 Å². The van der Waals surface area contributed by atoms with Crippen LogP contribution in [0.2, 0.25) is 0 Å². The average molecular weight is 289 g/mol. The lowest BCUT2D eigenvalue weighted by Gasteiger charge is -2.33. The van der Waals surface area contributed by atoms with Crippen molar-refractivity contribution >= 4 is 35.6 Å². The minimum absolute atomic E-state index is 0.394. The summed E-state index contributed by atoms with van der Waals surface area (Å²) in [5.74, 6) is 0. The van der Waals surface area contributed by atoms with Crippen molar-refractivity contribution in [2.75, 3.05) is 11.6 Å². The fourth-order valence-electron chi connectivity index (χ4n) is 2.79. The molecule has 4 nitrogen and oxygen atoms in total. The molecule has 0 fully saturated rings. The van der Waals surface area contributed by atoms with Gasteiger partial charge in [0.2, 0.25) is 5.71 Å². The molecule has 1 aromatic carbocycles. The first kappa shape index (κ1) is 13.3. The Morgan fingerprint density at radius 2 is 1.95 bits per heavy atom. The maximum absolute atomic E-state index is 6.17. The summed E-state index contributed by atoms with van der Waals surface area (Å²) in [5, 5.41) is 2.12. The van der Waals surface area contributed by atoms with Crippen LogP contribution in [0.5, 0.6) is 0 Å². The predicted octanol–water partition coefficient (Wildman–Crippen LogP) is 3.44. The smallest absolute Gasteiger partial charge is 0.227 e. The Bertz CT molecular complexity index is 878. The number of fused-ring (bicyclic) bond motifs is 3. The number of furan rings is 1. The third kappa shape index (κ3) is 1.96. The molecule has 0 spiro atoms. The lowest BCUT2D eigenvalue weighted by molar-refractivity contribution is 0.293. The van der Waals surface area contributed by atoms with Crippen molar-refractivity contribution in [1.82, 2.24) is 9.88 Å². The van der Waals surface area contributed by atoms with Crippen LogP contribution in [-0.4, -0.2) is 29.8 Å². The van der Waals surface area contributed by atoms with Gasteiger partial charge in [0.05, 0.1) is 12.4 Å². The third-order valence-corrected chi connectivity index (χ3v) is 4.04. The summed E-state index contributed by atoms with van der Waals surface area (Å²) in [5.41, 5.74) is 2.16. The lowest BCUT2D eigenvalue weighted by Crippen LogP contribution is -2.42. The molecule has 3 heterocycles. The summed E-state index contributed by atoms with van der Waals surface area (Å²) in [6.45, 7) is 4.69. The summed E-state index contributed by atoms with van der Waals surface area (Å²) in [6.07, 6.45) is 5.79. The largest absolute Gasteiger partial charge is 0.436 e. The highest BCUT2D eigenvalue weighted by Gasteiger charge is 2.25. The van der Waals surface area contributed by atoms with Crippen LogP contribution in [0.3, 0.4) is 0 Å². The van der Waals surface area contributed by atoms with Gasteiger partial charge in [-0.3, -0.25) is 0 Å². The van der Waals surface area contributed by atoms with Gasteiger partial charge in [0.25, 0.3) is 0 Å². The third-order valence-electron chi connectivity index (χ3n) is 4.04. The average Bonchev–Trinajstić information content (AvgIpc) is 3.11. The van der Waals surface area contributed by atoms with Crippen LogP contribution in [-0.2, 0) is 0 Å². The van der Waals surface area contributed by atoms with Gasteiger partial charge in [-0.1, -0.05) is 26.0 Å². The number of pyridine rings is 1. The van der Waals surface area contributed by atoms with Crippen LogP contribution in [0.1, 0.15) is 13.8 Å². The van der Waals surface area contributed by atoms with Crippen LogP contribution in [0.25, 0.3) is 22.1 Å². The number of para-hydroxylation sites is 1. The van der Waals surface area contributed by atoms with Crippen LogP contribution in [0, 0.1) is 0 Å². The molecule has 4 rings (SSSR count). The van der Waals surface area contributed by atoms with Crippen molar-refractivity contribution in [2.45, 2.75) is 19.3 Å². The summed E-state index contributed by atoms with van der Waals surface area (Å²) in [7, 11) is 6.17. The van der Waals surface area contributed by atoms with Gasteiger partial charge in [-0.15, -0.1) is 0 Å². The number of rotatable bonds is 2. The Morgan fingerprint density at radius 1 is 1.14 bits per heavy atom. The van der Waals surface area contributed by atoms with Gasteiger partial charge in [0.15, 0.2) is 5.58 Å². The van der Waals surface area contributed by atoms with Gasteiger partial charge < -0.3 is 14.2 Å². The Morgan fingerprint density at radius 3 is 2.73 bits per heavy atom. The van der Waals surface area contributed by atoms with Crippen molar-refractivity contribution in [3.8, 4) is 0 Å². The molecule has 0 amide bonds. The second-order valence-electron chi connectivity index (χ2n) is 6.14. The van der Waals surface area contributed by atoms with E-state index in [1.54, 1.807) is 6.20 Å². The molecule has 0 aliphatic carbocycles. The molecule has 3 aromatic rings. The molecule has 1 aliphatic heterocycles. The van der Waals surface area contributed by atoms with Crippen molar-refractivity contribution in [3.05, 3.63) is 48.9 Å². The van der Waals surface area contributed by atoms with Crippen molar-refractivity contribution in [1.29, 1.82) is 0 Å². The fourth-order valence-corrected chi connectivity index (χ4v) is 2.79. The highest BCUT2D eigenvalue weighted by atomic mass is 16.3. The first-order valence-corrected chi connectivity index (χ1v) is 7.31. The molecule has 2 radical (unpaired) electrons. The van der Waals surface area contributed by atoms with E-state index in [2.05, 4.69) is 26.9 Å². The first-order chi connectivity index (χ1) is 10.5. The highest BCUT2D eigenvalue weighted by Crippen LogP contribution is 2.35. The van der Waals surface area contributed by atoms with Gasteiger partial charge in [-0.25, -0.2) is 4.98 Å². The second-order valence-corrected chi connectivity index (χ2v) is 6.14. The molecule has 5 heteroatoms. The number of anilines is 1. The molecule has 0 saturated heterocycles. The Labute approximate surface area is 130 Å². The monoisotopic (exact) mass is 289 g/mol. The number of aromatic nitrogens is 1. The maximum atomic E-state index is 6.17. The molecule has 0 N–H and O–H groups in total. The van der Waals surface area contributed by atoms with Crippen molar-refractivity contribution in [2.24, 2.45) is 0 Å². The molecule has 2 aromatic heterocycles. The van der Waals surface area contributed by atoms with Gasteiger partial charge in [-0.2, -0.15) is 0 Å². The zero-order valence-electron chi connectivity index (χ0n) is 12.7. The Balaban J connectivity index is 1.82. The zero-order valence-corrected chi connectivity index (χ0v) is 12.7. The number of benzene rings is 1. The number of nitrogens with zero attached hydrogens (tertiary/aromatic N) is 3. The molecule has 0 bridgehead atoms. The Kier molecular flexibility index (Phi) is 2.73. The van der Waals surface area contributed by atoms with Crippen LogP contribution >= 0.6 is 0 Å². The number of hydrogen-bond acceptors (Lipinski definition) is 4. The quantitative estimate of drug-likeness (QED) is 0.677. The SMILES string of the molecule is [B]C(C)(C)N1C=CN(c2cccc3c2oc2ncccc23)C1. The molecular formula is C17H16BN3O. The van der Waals surface area contributed by atoms with Crippen molar-refractivity contribution < 1.29 is 4.42 Å². The standard InChI is InChI=1S/C17H16BN3O/c1-17(2,18)21-10-9-20(11-21)14-7-3-5-12-13-6-4-8-19-16(13)22-15(12)14/h3-10H,11H2,1-2H3. The highest BCUT2D eigenvalue weighted by molar-refractivity contribution is 6.14. The van der Waals surface area contributed by atoms with E-state index in [1.165, 1.54) is 0 Å². The number of hydrogen-bond donors (Lipinski definition) is 0. The van der Waals surface area contributed by atoms with E-state index in [1.807, 2.05) is 44.4 Å². The normalized spacial score (nSPS) is 15.4. The summed E-state index contributed by atoms with van der Waals surface area (Å²) in [6, 6.07) is 10.1. The van der Waals surface area contributed by atoms with Crippen LogP contribution in [0.4, 0.5) is 5.69 Å². The Hall–Kier alpha value is -2.43. The fraction of sp³-hybridized carbons (Fsp3) is 0.235. The van der Waals surface area contributed by atoms with Crippen LogP contribution < -0.4 is 4.90 Å². The molecular weight excluding hydrogens is 273 g/mol. The van der Waals surface area contributed by atoms with Gasteiger partial charge in [-0.05, 0) is 23.6 Å². The van der Waals surface area contributed by atoms with Crippen molar-refractivity contribution in [3.63, 3.8) is 0 Å². The molecule has 108 valence electrons. The van der Waals surface area contributed by atoms with E-state index < -0.39 is 5.44 Å². The van der Waals surface area contributed by atoms with E-state index in [0.717, 1.165) is 22.0 Å². The van der Waals surface area contributed by atoms with E-state index in [-0.39, 0.29) is 0 Å². The first-order valence-electron chi connectivity index (χ1n) is 7.31.